The van der Waals surface area contributed by atoms with E-state index in [4.69, 9.17) is 0 Å². The average Bonchev–Trinajstić information content (AvgIpc) is 2.47. The van der Waals surface area contributed by atoms with Crippen molar-refractivity contribution in [2.24, 2.45) is 5.92 Å². The van der Waals surface area contributed by atoms with Crippen molar-refractivity contribution in [3.05, 3.63) is 22.8 Å². The largest absolute Gasteiger partial charge is 0.128 e. The number of fused-ring (bicyclic) bond motifs is 1. The van der Waals surface area contributed by atoms with Crippen LogP contribution in [0.5, 0.6) is 0 Å². The van der Waals surface area contributed by atoms with E-state index in [0.717, 1.165) is 11.2 Å². The molecule has 0 nitrogen and oxygen atoms in total. The Morgan fingerprint density at radius 2 is 2.08 bits per heavy atom. The van der Waals surface area contributed by atoms with Crippen molar-refractivity contribution in [1.82, 2.24) is 0 Å². The van der Waals surface area contributed by atoms with Gasteiger partial charge in [0.1, 0.15) is 0 Å². The highest BCUT2D eigenvalue weighted by Gasteiger charge is 2.31. The zero-order valence-corrected chi connectivity index (χ0v) is 10.5. The van der Waals surface area contributed by atoms with Gasteiger partial charge in [0.2, 0.25) is 0 Å². The number of allylic oxidation sites excluding steroid dienone is 2. The summed E-state index contributed by atoms with van der Waals surface area (Å²) in [7, 11) is -1.03. The molecule has 2 rings (SSSR count). The third-order valence-corrected chi connectivity index (χ3v) is 7.95. The van der Waals surface area contributed by atoms with Crippen LogP contribution in [0.4, 0.5) is 0 Å². The van der Waals surface area contributed by atoms with E-state index in [2.05, 4.69) is 49.6 Å². The van der Waals surface area contributed by atoms with Crippen molar-refractivity contribution < 1.29 is 0 Å². The zero-order chi connectivity index (χ0) is 9.47. The number of hydrogen-bond donors (Lipinski definition) is 0. The Kier molecular flexibility index (Phi) is 2.45. The molecule has 13 heavy (non-hydrogen) atoms. The first-order valence-corrected chi connectivity index (χ1v) is 9.49. The van der Waals surface area contributed by atoms with E-state index < -0.39 is 8.07 Å². The maximum absolute atomic E-state index is 2.52. The molecular formula is C11H18SSi. The Balaban J connectivity index is 2.13. The van der Waals surface area contributed by atoms with E-state index >= 15 is 0 Å². The quantitative estimate of drug-likeness (QED) is 0.468. The van der Waals surface area contributed by atoms with Gasteiger partial charge in [-0.1, -0.05) is 37.9 Å². The van der Waals surface area contributed by atoms with Crippen LogP contribution in [0.2, 0.25) is 19.6 Å². The van der Waals surface area contributed by atoms with Crippen molar-refractivity contribution in [3.63, 3.8) is 0 Å². The summed E-state index contributed by atoms with van der Waals surface area (Å²) in [5, 5.41) is 0.812. The predicted molar refractivity (Wildman–Crippen MR) is 64.7 cm³/mol. The topological polar surface area (TPSA) is 0 Å². The lowest BCUT2D eigenvalue weighted by Gasteiger charge is -2.30. The Bertz CT molecular complexity index is 260. The maximum atomic E-state index is 2.52. The summed E-state index contributed by atoms with van der Waals surface area (Å²) >= 11 is 2.15. The molecule has 1 heterocycles. The molecule has 72 valence electrons. The van der Waals surface area contributed by atoms with E-state index in [-0.39, 0.29) is 0 Å². The molecule has 0 aromatic rings. The first kappa shape index (κ1) is 9.60. The number of rotatable bonds is 1. The van der Waals surface area contributed by atoms with Gasteiger partial charge in [0, 0.05) is 5.25 Å². The van der Waals surface area contributed by atoms with Crippen molar-refractivity contribution in [2.75, 3.05) is 0 Å². The molecule has 0 N–H and O–H groups in total. The standard InChI is InChI=1S/C11H18SSi/c1-13(2,3)11-8-7-9-5-4-6-10(9)12-11/h4,6,8-10H,5,7H2,1-3H3. The highest BCUT2D eigenvalue weighted by molar-refractivity contribution is 8.06. The van der Waals surface area contributed by atoms with Gasteiger partial charge in [-0.15, -0.1) is 11.8 Å². The van der Waals surface area contributed by atoms with Crippen LogP contribution in [0.15, 0.2) is 22.8 Å². The molecule has 2 atom stereocenters. The zero-order valence-electron chi connectivity index (χ0n) is 8.71. The normalized spacial score (nSPS) is 33.0. The van der Waals surface area contributed by atoms with Crippen LogP contribution in [0.3, 0.4) is 0 Å². The lowest BCUT2D eigenvalue weighted by Crippen LogP contribution is -2.27. The van der Waals surface area contributed by atoms with Crippen molar-refractivity contribution in [2.45, 2.75) is 37.7 Å². The van der Waals surface area contributed by atoms with Crippen molar-refractivity contribution in [3.8, 4) is 0 Å². The molecule has 0 aromatic heterocycles. The molecule has 0 aromatic carbocycles. The molecule has 2 aliphatic rings. The molecule has 0 amide bonds. The highest BCUT2D eigenvalue weighted by atomic mass is 32.2. The second kappa shape index (κ2) is 3.32. The Hall–Kier alpha value is 0.0469. The van der Waals surface area contributed by atoms with Gasteiger partial charge < -0.3 is 0 Å². The van der Waals surface area contributed by atoms with Crippen LogP contribution < -0.4 is 0 Å². The maximum Gasteiger partial charge on any atom is 0.0853 e. The second-order valence-electron chi connectivity index (χ2n) is 5.06. The SMILES string of the molecule is C[Si](C)(C)C1=CCC2CC=CC2S1. The molecule has 0 saturated heterocycles. The van der Waals surface area contributed by atoms with E-state index in [1.54, 1.807) is 4.53 Å². The Labute approximate surface area is 86.5 Å². The first-order valence-electron chi connectivity index (χ1n) is 5.11. The van der Waals surface area contributed by atoms with Gasteiger partial charge in [0.25, 0.3) is 0 Å². The fraction of sp³-hybridized carbons (Fsp3) is 0.636. The summed E-state index contributed by atoms with van der Waals surface area (Å²) in [6.07, 6.45) is 9.94. The van der Waals surface area contributed by atoms with Crippen LogP contribution in [0.25, 0.3) is 0 Å². The molecule has 1 aliphatic carbocycles. The molecule has 0 bridgehead atoms. The molecule has 2 unspecified atom stereocenters. The minimum atomic E-state index is -1.03. The molecule has 0 saturated carbocycles. The van der Waals surface area contributed by atoms with Crippen molar-refractivity contribution in [1.29, 1.82) is 0 Å². The summed E-state index contributed by atoms with van der Waals surface area (Å²) in [6.45, 7) is 7.35. The fourth-order valence-corrected chi connectivity index (χ4v) is 5.62. The molecule has 2 heteroatoms. The third-order valence-electron chi connectivity index (χ3n) is 2.84. The minimum Gasteiger partial charge on any atom is -0.128 e. The van der Waals surface area contributed by atoms with Crippen LogP contribution in [0, 0.1) is 5.92 Å². The lowest BCUT2D eigenvalue weighted by molar-refractivity contribution is 0.587. The summed E-state index contributed by atoms with van der Waals surface area (Å²) < 4.78 is 1.72. The Morgan fingerprint density at radius 3 is 2.77 bits per heavy atom. The molecule has 0 radical (unpaired) electrons. The minimum absolute atomic E-state index is 0.812. The van der Waals surface area contributed by atoms with E-state index in [1.165, 1.54) is 12.8 Å². The van der Waals surface area contributed by atoms with Gasteiger partial charge in [-0.2, -0.15) is 0 Å². The summed E-state index contributed by atoms with van der Waals surface area (Å²) in [6, 6.07) is 0. The van der Waals surface area contributed by atoms with E-state index in [1.807, 2.05) is 0 Å². The fourth-order valence-electron chi connectivity index (χ4n) is 1.98. The van der Waals surface area contributed by atoms with Crippen LogP contribution in [-0.4, -0.2) is 13.3 Å². The van der Waals surface area contributed by atoms with Crippen molar-refractivity contribution >= 4 is 19.8 Å². The first-order chi connectivity index (χ1) is 6.07. The molecule has 0 fully saturated rings. The molecule has 1 aliphatic heterocycles. The molecule has 0 spiro atoms. The number of thioether (sulfide) groups is 1. The van der Waals surface area contributed by atoms with Gasteiger partial charge in [-0.25, -0.2) is 0 Å². The van der Waals surface area contributed by atoms with E-state index in [9.17, 15) is 0 Å². The van der Waals surface area contributed by atoms with Gasteiger partial charge in [0.05, 0.1) is 8.07 Å². The van der Waals surface area contributed by atoms with Crippen LogP contribution in [-0.2, 0) is 0 Å². The third kappa shape index (κ3) is 1.94. The Morgan fingerprint density at radius 1 is 1.31 bits per heavy atom. The smallest absolute Gasteiger partial charge is 0.0853 e. The predicted octanol–water partition coefficient (Wildman–Crippen LogP) is 3.83. The van der Waals surface area contributed by atoms with Gasteiger partial charge >= 0.3 is 0 Å². The van der Waals surface area contributed by atoms with Crippen LogP contribution >= 0.6 is 11.8 Å². The highest BCUT2D eigenvalue weighted by Crippen LogP contribution is 2.43. The second-order valence-corrected chi connectivity index (χ2v) is 11.7. The van der Waals surface area contributed by atoms with Gasteiger partial charge in [-0.3, -0.25) is 0 Å². The van der Waals surface area contributed by atoms with Gasteiger partial charge in [-0.05, 0) is 23.3 Å². The lowest BCUT2D eigenvalue weighted by atomic mass is 10.0. The van der Waals surface area contributed by atoms with E-state index in [0.29, 0.717) is 0 Å². The summed E-state index contributed by atoms with van der Waals surface area (Å²) in [4.78, 5) is 0. The average molecular weight is 210 g/mol. The molecular weight excluding hydrogens is 192 g/mol. The van der Waals surface area contributed by atoms with Gasteiger partial charge in [0.15, 0.2) is 0 Å². The van der Waals surface area contributed by atoms with Crippen LogP contribution in [0.1, 0.15) is 12.8 Å². The number of hydrogen-bond acceptors (Lipinski definition) is 1. The summed E-state index contributed by atoms with van der Waals surface area (Å²) in [5.41, 5.74) is 0. The monoisotopic (exact) mass is 210 g/mol. The summed E-state index contributed by atoms with van der Waals surface area (Å²) in [5.74, 6) is 0.921.